The molecule has 0 fully saturated rings. The fraction of sp³-hybridized carbons (Fsp3) is 0.222. The highest BCUT2D eigenvalue weighted by Gasteiger charge is 2.34. The molecule has 0 saturated carbocycles. The van der Waals surface area contributed by atoms with Crippen LogP contribution in [-0.2, 0) is 17.9 Å². The van der Waals surface area contributed by atoms with Crippen LogP contribution in [0.1, 0.15) is 40.0 Å². The van der Waals surface area contributed by atoms with Gasteiger partial charge in [-0.2, -0.15) is 0 Å². The van der Waals surface area contributed by atoms with Gasteiger partial charge >= 0.3 is 6.03 Å². The first-order chi connectivity index (χ1) is 18.5. The Labute approximate surface area is 245 Å². The van der Waals surface area contributed by atoms with Crippen LogP contribution in [0.15, 0.2) is 48.5 Å². The number of amides is 4. The van der Waals surface area contributed by atoms with Gasteiger partial charge in [-0.25, -0.2) is 22.4 Å². The zero-order valence-electron chi connectivity index (χ0n) is 21.8. The summed E-state index contributed by atoms with van der Waals surface area (Å²) in [5, 5.41) is 4.91. The van der Waals surface area contributed by atoms with Crippen molar-refractivity contribution in [3.05, 3.63) is 94.1 Å². The van der Waals surface area contributed by atoms with Gasteiger partial charge in [-0.05, 0) is 36.8 Å². The number of carbonyl (C=O) groups is 3. The molecule has 4 rings (SSSR count). The van der Waals surface area contributed by atoms with Crippen LogP contribution in [0.2, 0.25) is 0 Å². The van der Waals surface area contributed by atoms with Crippen molar-refractivity contribution in [3.8, 4) is 0 Å². The van der Waals surface area contributed by atoms with E-state index in [9.17, 15) is 31.9 Å². The fourth-order valence-electron chi connectivity index (χ4n) is 4.30. The minimum atomic E-state index is -1.14. The van der Waals surface area contributed by atoms with E-state index in [2.05, 4.69) is 10.6 Å². The first-order valence-corrected chi connectivity index (χ1v) is 11.9. The van der Waals surface area contributed by atoms with E-state index in [0.717, 1.165) is 0 Å². The summed E-state index contributed by atoms with van der Waals surface area (Å²) in [6.45, 7) is 0.623. The Kier molecular flexibility index (Phi) is 11.1. The van der Waals surface area contributed by atoms with Gasteiger partial charge in [0.1, 0.15) is 23.3 Å². The van der Waals surface area contributed by atoms with Gasteiger partial charge < -0.3 is 21.3 Å². The molecule has 3 aromatic carbocycles. The second kappa shape index (κ2) is 13.7. The second-order valence-electron chi connectivity index (χ2n) is 8.98. The summed E-state index contributed by atoms with van der Waals surface area (Å²) in [7, 11) is 1.58. The van der Waals surface area contributed by atoms with Crippen LogP contribution in [0.3, 0.4) is 0 Å². The highest BCUT2D eigenvalue weighted by molar-refractivity contribution is 6.00. The van der Waals surface area contributed by atoms with Crippen molar-refractivity contribution in [1.82, 2.24) is 10.2 Å². The molecule has 0 unspecified atom stereocenters. The van der Waals surface area contributed by atoms with Crippen LogP contribution in [0.5, 0.6) is 0 Å². The Morgan fingerprint density at radius 2 is 1.61 bits per heavy atom. The first-order valence-electron chi connectivity index (χ1n) is 11.9. The third-order valence-electron chi connectivity index (χ3n) is 6.57. The number of nitrogens with one attached hydrogen (secondary N) is 2. The largest absolute Gasteiger partial charge is 0.348 e. The molecule has 14 heteroatoms. The van der Waals surface area contributed by atoms with Crippen molar-refractivity contribution >= 4 is 54.0 Å². The van der Waals surface area contributed by atoms with Gasteiger partial charge in [0.05, 0.1) is 24.8 Å². The van der Waals surface area contributed by atoms with E-state index < -0.39 is 53.2 Å². The number of fused-ring (bicyclic) bond motifs is 1. The molecule has 0 aliphatic carbocycles. The number of anilines is 2. The molecule has 3 aromatic rings. The SMILES string of the molecule is C[C@H]1c2ccc(C(=O)NCc3c(F)cc(F)cc3F)cc2N(Cc2c(F)cccc2NC(=O)CN)C(=O)N1C.Cl.Cl. The van der Waals surface area contributed by atoms with Crippen LogP contribution in [-0.4, -0.2) is 36.3 Å². The molecule has 0 saturated heterocycles. The molecule has 8 nitrogen and oxygen atoms in total. The topological polar surface area (TPSA) is 108 Å². The third-order valence-corrected chi connectivity index (χ3v) is 6.57. The van der Waals surface area contributed by atoms with Gasteiger partial charge in [-0.3, -0.25) is 14.5 Å². The number of hydrogen-bond donors (Lipinski definition) is 3. The molecule has 1 aliphatic rings. The van der Waals surface area contributed by atoms with Gasteiger partial charge in [-0.1, -0.05) is 12.1 Å². The summed E-state index contributed by atoms with van der Waals surface area (Å²) in [5.74, 6) is -5.30. The highest BCUT2D eigenvalue weighted by atomic mass is 35.5. The number of rotatable bonds is 7. The van der Waals surface area contributed by atoms with Gasteiger partial charge in [0.2, 0.25) is 5.91 Å². The minimum absolute atomic E-state index is 0. The van der Waals surface area contributed by atoms with E-state index >= 15 is 0 Å². The Morgan fingerprint density at radius 1 is 0.951 bits per heavy atom. The first kappa shape index (κ1) is 33.3. The van der Waals surface area contributed by atoms with E-state index in [-0.39, 0.29) is 60.8 Å². The maximum Gasteiger partial charge on any atom is 0.325 e. The van der Waals surface area contributed by atoms with Gasteiger partial charge in [-0.15, -0.1) is 24.8 Å². The van der Waals surface area contributed by atoms with Crippen molar-refractivity contribution in [1.29, 1.82) is 0 Å². The smallest absolute Gasteiger partial charge is 0.325 e. The molecule has 1 aliphatic heterocycles. The molecule has 0 aromatic heterocycles. The average molecular weight is 616 g/mol. The van der Waals surface area contributed by atoms with Crippen molar-refractivity contribution in [2.45, 2.75) is 26.1 Å². The zero-order chi connectivity index (χ0) is 28.4. The molecule has 4 amide bonds. The number of nitrogens with zero attached hydrogens (tertiary/aromatic N) is 2. The number of hydrogen-bond acceptors (Lipinski definition) is 4. The molecule has 41 heavy (non-hydrogen) atoms. The molecule has 0 radical (unpaired) electrons. The summed E-state index contributed by atoms with van der Waals surface area (Å²) in [5.41, 5.74) is 6.06. The van der Waals surface area contributed by atoms with E-state index in [1.807, 2.05) is 0 Å². The van der Waals surface area contributed by atoms with Crippen molar-refractivity contribution in [3.63, 3.8) is 0 Å². The number of urea groups is 1. The summed E-state index contributed by atoms with van der Waals surface area (Å²) >= 11 is 0. The van der Waals surface area contributed by atoms with Gasteiger partial charge in [0.25, 0.3) is 5.91 Å². The van der Waals surface area contributed by atoms with Crippen LogP contribution < -0.4 is 21.3 Å². The summed E-state index contributed by atoms with van der Waals surface area (Å²) in [4.78, 5) is 40.8. The fourth-order valence-corrected chi connectivity index (χ4v) is 4.30. The van der Waals surface area contributed by atoms with Crippen LogP contribution in [0.25, 0.3) is 0 Å². The number of nitrogens with two attached hydrogens (primary N) is 1. The average Bonchev–Trinajstić information content (AvgIpc) is 2.90. The molecule has 220 valence electrons. The number of halogens is 6. The second-order valence-corrected chi connectivity index (χ2v) is 8.98. The minimum Gasteiger partial charge on any atom is -0.348 e. The van der Waals surface area contributed by atoms with Gasteiger partial charge in [0.15, 0.2) is 0 Å². The van der Waals surface area contributed by atoms with Crippen LogP contribution >= 0.6 is 24.8 Å². The maximum atomic E-state index is 14.9. The molecule has 0 bridgehead atoms. The highest BCUT2D eigenvalue weighted by Crippen LogP contribution is 2.38. The third kappa shape index (κ3) is 6.89. The lowest BCUT2D eigenvalue weighted by molar-refractivity contribution is -0.114. The predicted molar refractivity (Wildman–Crippen MR) is 150 cm³/mol. The Morgan fingerprint density at radius 3 is 2.24 bits per heavy atom. The van der Waals surface area contributed by atoms with E-state index in [4.69, 9.17) is 5.73 Å². The standard InChI is InChI=1S/C27H25F4N5O3.2ClH/c1-14-17-7-6-15(26(38)33-12-18-21(30)9-16(28)10-22(18)31)8-24(17)36(27(39)35(14)2)13-19-20(29)4-3-5-23(19)34-25(37)11-32;;/h3-10,14H,11-13,32H2,1-2H3,(H,33,38)(H,34,37);2*1H/t14-;;/m0../s1. The van der Waals surface area contributed by atoms with Crippen molar-refractivity contribution in [2.24, 2.45) is 5.73 Å². The zero-order valence-corrected chi connectivity index (χ0v) is 23.5. The Hall–Kier alpha value is -3.87. The van der Waals surface area contributed by atoms with E-state index in [1.54, 1.807) is 20.0 Å². The lowest BCUT2D eigenvalue weighted by Gasteiger charge is -2.40. The monoisotopic (exact) mass is 615 g/mol. The van der Waals surface area contributed by atoms with Crippen LogP contribution in [0.4, 0.5) is 33.7 Å². The van der Waals surface area contributed by atoms with Crippen molar-refractivity contribution in [2.75, 3.05) is 23.8 Å². The molecule has 4 N–H and O–H groups in total. The number of benzene rings is 3. The Bertz CT molecular complexity index is 1450. The van der Waals surface area contributed by atoms with Gasteiger partial charge in [0, 0.05) is 48.1 Å². The summed E-state index contributed by atoms with van der Waals surface area (Å²) in [6.07, 6.45) is 0. The summed E-state index contributed by atoms with van der Waals surface area (Å²) in [6, 6.07) is 8.75. The molecular weight excluding hydrogens is 589 g/mol. The van der Waals surface area contributed by atoms with E-state index in [1.165, 1.54) is 40.1 Å². The van der Waals surface area contributed by atoms with E-state index in [0.29, 0.717) is 23.4 Å². The molecule has 1 atom stereocenters. The lowest BCUT2D eigenvalue weighted by Crippen LogP contribution is -2.47. The lowest BCUT2D eigenvalue weighted by atomic mass is 9.98. The number of carbonyl (C=O) groups excluding carboxylic acids is 3. The molecular formula is C27H27Cl2F4N5O3. The molecule has 1 heterocycles. The van der Waals surface area contributed by atoms with Crippen molar-refractivity contribution < 1.29 is 31.9 Å². The Balaban J connectivity index is 0.00000294. The normalized spacial score (nSPS) is 14.0. The van der Waals surface area contributed by atoms with Crippen LogP contribution in [0, 0.1) is 23.3 Å². The summed E-state index contributed by atoms with van der Waals surface area (Å²) < 4.78 is 56.1. The molecule has 0 spiro atoms. The predicted octanol–water partition coefficient (Wildman–Crippen LogP) is 5.05. The quantitative estimate of drug-likeness (QED) is 0.323. The maximum absolute atomic E-state index is 14.9.